The first-order valence-corrected chi connectivity index (χ1v) is 13.9. The molecular weight excluding hydrogens is 462 g/mol. The fraction of sp³-hybridized carbons (Fsp3) is 0.435. The number of nitrogens with one attached hydrogen (secondary N) is 1. The van der Waals surface area contributed by atoms with E-state index in [-0.39, 0.29) is 33.1 Å². The number of carbonyl (C=O) groups is 1. The third-order valence-electron chi connectivity index (χ3n) is 6.32. The number of sulfonamides is 2. The van der Waals surface area contributed by atoms with Gasteiger partial charge in [-0.2, -0.15) is 4.31 Å². The van der Waals surface area contributed by atoms with Gasteiger partial charge in [-0.15, -0.1) is 0 Å². The average Bonchev–Trinajstić information content (AvgIpc) is 3.21. The van der Waals surface area contributed by atoms with Gasteiger partial charge in [0.15, 0.2) is 0 Å². The van der Waals surface area contributed by atoms with E-state index in [1.54, 1.807) is 29.2 Å². The smallest absolute Gasteiger partial charge is 0.258 e. The molecule has 0 aromatic heterocycles. The van der Waals surface area contributed by atoms with E-state index < -0.39 is 20.0 Å². The van der Waals surface area contributed by atoms with Crippen LogP contribution in [0.2, 0.25) is 0 Å². The predicted octanol–water partition coefficient (Wildman–Crippen LogP) is 2.46. The van der Waals surface area contributed by atoms with Crippen LogP contribution in [0.1, 0.15) is 36.2 Å². The monoisotopic (exact) mass is 491 g/mol. The molecule has 0 saturated carbocycles. The van der Waals surface area contributed by atoms with Crippen molar-refractivity contribution in [3.63, 3.8) is 0 Å². The molecule has 2 unspecified atom stereocenters. The van der Waals surface area contributed by atoms with E-state index in [1.807, 2.05) is 0 Å². The van der Waals surface area contributed by atoms with Gasteiger partial charge in [0.25, 0.3) is 5.91 Å². The maximum atomic E-state index is 13.3. The highest BCUT2D eigenvalue weighted by molar-refractivity contribution is 7.89. The molecule has 2 aromatic carbocycles. The number of anilines is 1. The van der Waals surface area contributed by atoms with E-state index in [0.29, 0.717) is 31.7 Å². The largest absolute Gasteiger partial charge is 0.308 e. The number of amides is 1. The van der Waals surface area contributed by atoms with Crippen LogP contribution in [-0.2, 0) is 26.5 Å². The zero-order valence-corrected chi connectivity index (χ0v) is 20.6. The van der Waals surface area contributed by atoms with Crippen LogP contribution < -0.4 is 9.62 Å². The van der Waals surface area contributed by atoms with Crippen molar-refractivity contribution in [2.24, 2.45) is 11.8 Å². The summed E-state index contributed by atoms with van der Waals surface area (Å²) in [6.45, 7) is 5.45. The second kappa shape index (κ2) is 8.83. The summed E-state index contributed by atoms with van der Waals surface area (Å²) in [5.41, 5.74) is 1.69. The van der Waals surface area contributed by atoms with Crippen LogP contribution in [-0.4, -0.2) is 53.7 Å². The molecule has 178 valence electrons. The van der Waals surface area contributed by atoms with Gasteiger partial charge in [0.1, 0.15) is 0 Å². The minimum absolute atomic E-state index is 0.115. The Morgan fingerprint density at radius 2 is 1.67 bits per heavy atom. The van der Waals surface area contributed by atoms with Crippen molar-refractivity contribution in [1.82, 2.24) is 9.03 Å². The number of hydrogen-bond acceptors (Lipinski definition) is 5. The fourth-order valence-electron chi connectivity index (χ4n) is 4.77. The molecule has 0 aliphatic carbocycles. The summed E-state index contributed by atoms with van der Waals surface area (Å²) in [6.07, 6.45) is 1.52. The van der Waals surface area contributed by atoms with Gasteiger partial charge >= 0.3 is 0 Å². The van der Waals surface area contributed by atoms with Crippen LogP contribution >= 0.6 is 0 Å². The maximum absolute atomic E-state index is 13.3. The Labute approximate surface area is 195 Å². The molecular formula is C23H29N3O5S2. The topological polar surface area (TPSA) is 104 Å². The lowest BCUT2D eigenvalue weighted by atomic mass is 9.94. The van der Waals surface area contributed by atoms with Gasteiger partial charge in [-0.1, -0.05) is 19.9 Å². The molecule has 2 aromatic rings. The van der Waals surface area contributed by atoms with Crippen molar-refractivity contribution in [2.45, 2.75) is 36.5 Å². The van der Waals surface area contributed by atoms with Crippen LogP contribution in [0, 0.1) is 11.8 Å². The number of benzene rings is 2. The first-order valence-electron chi connectivity index (χ1n) is 11.0. The van der Waals surface area contributed by atoms with Crippen molar-refractivity contribution in [1.29, 1.82) is 0 Å². The van der Waals surface area contributed by atoms with Crippen molar-refractivity contribution < 1.29 is 21.6 Å². The highest BCUT2D eigenvalue weighted by Crippen LogP contribution is 2.32. The first kappa shape index (κ1) is 23.9. The van der Waals surface area contributed by atoms with Crippen molar-refractivity contribution in [3.8, 4) is 0 Å². The summed E-state index contributed by atoms with van der Waals surface area (Å²) in [6, 6.07) is 10.9. The van der Waals surface area contributed by atoms with Crippen LogP contribution in [0.25, 0.3) is 0 Å². The van der Waals surface area contributed by atoms with Crippen LogP contribution in [0.5, 0.6) is 0 Å². The lowest BCUT2D eigenvalue weighted by molar-refractivity contribution is 0.0989. The summed E-state index contributed by atoms with van der Waals surface area (Å²) in [4.78, 5) is 15.1. The number of nitrogens with zero attached hydrogens (tertiary/aromatic N) is 2. The highest BCUT2D eigenvalue weighted by Gasteiger charge is 2.33. The predicted molar refractivity (Wildman–Crippen MR) is 126 cm³/mol. The third-order valence-corrected chi connectivity index (χ3v) is 9.56. The first-order chi connectivity index (χ1) is 15.5. The van der Waals surface area contributed by atoms with E-state index in [9.17, 15) is 21.6 Å². The van der Waals surface area contributed by atoms with Gasteiger partial charge in [-0.3, -0.25) is 4.79 Å². The normalized spacial score (nSPS) is 21.7. The summed E-state index contributed by atoms with van der Waals surface area (Å²) < 4.78 is 54.5. The number of carbonyl (C=O) groups excluding carboxylic acids is 1. The van der Waals surface area contributed by atoms with Gasteiger partial charge in [0, 0.05) is 30.9 Å². The van der Waals surface area contributed by atoms with E-state index in [1.165, 1.54) is 29.6 Å². The molecule has 33 heavy (non-hydrogen) atoms. The molecule has 8 nitrogen and oxygen atoms in total. The SMILES string of the molecule is CNS(=O)(=O)c1ccc2c(c1)CCN2C(=O)c1cccc(S(=O)(=O)N2CC(C)CC(C)C2)c1. The lowest BCUT2D eigenvalue weighted by Crippen LogP contribution is -2.42. The van der Waals surface area contributed by atoms with E-state index >= 15 is 0 Å². The molecule has 2 aliphatic rings. The molecule has 1 fully saturated rings. The summed E-state index contributed by atoms with van der Waals surface area (Å²) in [5, 5.41) is 0. The lowest BCUT2D eigenvalue weighted by Gasteiger charge is -2.34. The Hall–Kier alpha value is -2.27. The van der Waals surface area contributed by atoms with Crippen LogP contribution in [0.4, 0.5) is 5.69 Å². The summed E-state index contributed by atoms with van der Waals surface area (Å²) in [7, 11) is -5.93. The molecule has 2 atom stereocenters. The molecule has 0 radical (unpaired) electrons. The Morgan fingerprint density at radius 1 is 0.970 bits per heavy atom. The minimum Gasteiger partial charge on any atom is -0.308 e. The Balaban J connectivity index is 1.61. The van der Waals surface area contributed by atoms with Crippen molar-refractivity contribution in [3.05, 3.63) is 53.6 Å². The van der Waals surface area contributed by atoms with Gasteiger partial charge in [0.05, 0.1) is 9.79 Å². The van der Waals surface area contributed by atoms with Gasteiger partial charge in [-0.25, -0.2) is 21.6 Å². The summed E-state index contributed by atoms with van der Waals surface area (Å²) >= 11 is 0. The molecule has 0 bridgehead atoms. The molecule has 1 saturated heterocycles. The molecule has 1 N–H and O–H groups in total. The second-order valence-electron chi connectivity index (χ2n) is 9.00. The second-order valence-corrected chi connectivity index (χ2v) is 12.8. The molecule has 0 spiro atoms. The number of hydrogen-bond donors (Lipinski definition) is 1. The van der Waals surface area contributed by atoms with Gasteiger partial charge in [-0.05, 0) is 73.7 Å². The van der Waals surface area contributed by atoms with Crippen LogP contribution in [0.15, 0.2) is 52.3 Å². The van der Waals surface area contributed by atoms with Gasteiger partial charge < -0.3 is 4.90 Å². The summed E-state index contributed by atoms with van der Waals surface area (Å²) in [5.74, 6) is 0.257. The Kier molecular flexibility index (Phi) is 6.38. The van der Waals surface area contributed by atoms with Gasteiger partial charge in [0.2, 0.25) is 20.0 Å². The zero-order valence-electron chi connectivity index (χ0n) is 19.0. The average molecular weight is 492 g/mol. The van der Waals surface area contributed by atoms with E-state index in [4.69, 9.17) is 0 Å². The molecule has 2 aliphatic heterocycles. The fourth-order valence-corrected chi connectivity index (χ4v) is 7.28. The quantitative estimate of drug-likeness (QED) is 0.692. The number of rotatable bonds is 5. The zero-order chi connectivity index (χ0) is 24.0. The Bertz CT molecular complexity index is 1280. The molecule has 1 amide bonds. The maximum Gasteiger partial charge on any atom is 0.258 e. The standard InChI is InChI=1S/C23H29N3O5S2/c1-16-11-17(2)15-25(14-16)33(30,31)21-6-4-5-19(13-21)23(27)26-10-9-18-12-20(7-8-22(18)26)32(28,29)24-3/h4-8,12-13,16-17,24H,9-11,14-15H2,1-3H3. The molecule has 4 rings (SSSR count). The van der Waals surface area contributed by atoms with Crippen molar-refractivity contribution >= 4 is 31.6 Å². The van der Waals surface area contributed by atoms with E-state index in [0.717, 1.165) is 12.0 Å². The van der Waals surface area contributed by atoms with Crippen LogP contribution in [0.3, 0.4) is 0 Å². The minimum atomic E-state index is -3.70. The highest BCUT2D eigenvalue weighted by atomic mass is 32.2. The van der Waals surface area contributed by atoms with E-state index in [2.05, 4.69) is 18.6 Å². The Morgan fingerprint density at radius 3 is 2.33 bits per heavy atom. The third kappa shape index (κ3) is 4.57. The number of piperidine rings is 1. The molecule has 2 heterocycles. The molecule has 10 heteroatoms. The number of fused-ring (bicyclic) bond motifs is 1. The van der Waals surface area contributed by atoms with Crippen molar-refractivity contribution in [2.75, 3.05) is 31.6 Å².